The average molecular weight is 1290 g/mol. The summed E-state index contributed by atoms with van der Waals surface area (Å²) in [6, 6.07) is 8.97. The van der Waals surface area contributed by atoms with Crippen molar-refractivity contribution in [3.05, 3.63) is 0 Å². The van der Waals surface area contributed by atoms with Crippen LogP contribution < -0.4 is 0 Å². The number of likely N-dealkylation sites (N-methyl/N-ethyl adjacent to an activating group) is 1. The number of likely N-dealkylation sites (tertiary alicyclic amines) is 10. The summed E-state index contributed by atoms with van der Waals surface area (Å²) in [4.78, 5) is 61.4. The van der Waals surface area contributed by atoms with Crippen LogP contribution in [-0.4, -0.2) is 237 Å². The molecule has 536 valence electrons. The molecule has 10 heterocycles. The zero-order valence-corrected chi connectivity index (χ0v) is 67.4. The van der Waals surface area contributed by atoms with Gasteiger partial charge in [0, 0.05) is 159 Å². The Kier molecular flexibility index (Phi) is 22.5. The maximum absolute atomic E-state index is 12.6. The van der Waals surface area contributed by atoms with Crippen LogP contribution in [0.15, 0.2) is 0 Å². The molecule has 10 bridgehead atoms. The summed E-state index contributed by atoms with van der Waals surface area (Å²) in [5, 5.41) is 0. The molecule has 0 aliphatic carbocycles. The lowest BCUT2D eigenvalue weighted by Gasteiger charge is -2.53. The number of hydrogen-bond donors (Lipinski definition) is 0. The van der Waals surface area contributed by atoms with Gasteiger partial charge in [-0.05, 0) is 205 Å². The maximum Gasteiger partial charge on any atom is 0.410 e. The van der Waals surface area contributed by atoms with Gasteiger partial charge in [-0.25, -0.2) is 4.79 Å². The van der Waals surface area contributed by atoms with Gasteiger partial charge >= 0.3 is 6.09 Å². The maximum atomic E-state index is 12.6. The fourth-order valence-electron chi connectivity index (χ4n) is 20.6. The fourth-order valence-corrected chi connectivity index (χ4v) is 20.6. The summed E-state index contributed by atoms with van der Waals surface area (Å²) in [5.74, 6) is 0.487. The molecule has 0 saturated carbocycles. The molecule has 14 nitrogen and oxygen atoms in total. The minimum atomic E-state index is -0.431. The second-order valence-electron chi connectivity index (χ2n) is 42.4. The Hall–Kier alpha value is -2.07. The van der Waals surface area contributed by atoms with Crippen LogP contribution in [-0.2, 0) is 14.3 Å². The Morgan fingerprint density at radius 2 is 0.663 bits per heavy atom. The van der Waals surface area contributed by atoms with Crippen LogP contribution in [0.3, 0.4) is 0 Å². The number of piperazine rings is 5. The number of rotatable bonds is 1. The van der Waals surface area contributed by atoms with Crippen molar-refractivity contribution >= 4 is 17.9 Å². The molecule has 14 heteroatoms. The van der Waals surface area contributed by atoms with Gasteiger partial charge in [0.15, 0.2) is 0 Å². The van der Waals surface area contributed by atoms with Crippen molar-refractivity contribution in [2.24, 2.45) is 27.1 Å². The van der Waals surface area contributed by atoms with Crippen molar-refractivity contribution in [3.8, 4) is 0 Å². The summed E-state index contributed by atoms with van der Waals surface area (Å²) in [6.07, 6.45) is 5.96. The van der Waals surface area contributed by atoms with Gasteiger partial charge in [0.1, 0.15) is 5.60 Å². The van der Waals surface area contributed by atoms with Crippen molar-refractivity contribution in [2.75, 3.05) is 39.8 Å². The Morgan fingerprint density at radius 3 is 1.00 bits per heavy atom. The molecule has 0 aromatic heterocycles. The van der Waals surface area contributed by atoms with E-state index in [2.05, 4.69) is 273 Å². The van der Waals surface area contributed by atoms with Gasteiger partial charge in [-0.1, -0.05) is 104 Å². The van der Waals surface area contributed by atoms with Crippen LogP contribution in [0.1, 0.15) is 288 Å². The smallest absolute Gasteiger partial charge is 0.410 e. The number of ether oxygens (including phenoxy) is 1. The van der Waals surface area contributed by atoms with E-state index in [4.69, 9.17) is 4.74 Å². The molecule has 10 saturated heterocycles. The van der Waals surface area contributed by atoms with E-state index in [1.807, 2.05) is 25.7 Å². The number of amides is 3. The molecule has 15 unspecified atom stereocenters. The van der Waals surface area contributed by atoms with Gasteiger partial charge in [0.05, 0.1) is 12.1 Å². The van der Waals surface area contributed by atoms with Gasteiger partial charge in [0.25, 0.3) is 0 Å². The summed E-state index contributed by atoms with van der Waals surface area (Å²) in [7, 11) is 2.30. The summed E-state index contributed by atoms with van der Waals surface area (Å²) >= 11 is 0. The first-order valence-corrected chi connectivity index (χ1v) is 36.9. The molecular weight excluding hydrogens is 1140 g/mol. The topological polar surface area (TPSA) is 92.8 Å². The molecule has 10 aliphatic rings. The molecule has 0 spiro atoms. The zero-order chi connectivity index (χ0) is 71.0. The Morgan fingerprint density at radius 1 is 0.348 bits per heavy atom. The van der Waals surface area contributed by atoms with E-state index in [-0.39, 0.29) is 56.8 Å². The first-order chi connectivity index (χ1) is 40.9. The minimum Gasteiger partial charge on any atom is -0.444 e. The normalized spacial score (nSPS) is 33.5. The van der Waals surface area contributed by atoms with Gasteiger partial charge < -0.3 is 24.3 Å². The summed E-state index contributed by atoms with van der Waals surface area (Å²) in [6.45, 7) is 89.0. The number of hydrogen-bond acceptors (Lipinski definition) is 11. The van der Waals surface area contributed by atoms with Crippen molar-refractivity contribution in [1.82, 2.24) is 49.0 Å². The van der Waals surface area contributed by atoms with E-state index < -0.39 is 5.60 Å². The van der Waals surface area contributed by atoms with Crippen LogP contribution in [0.2, 0.25) is 0 Å². The molecule has 10 rings (SSSR count). The van der Waals surface area contributed by atoms with Crippen molar-refractivity contribution < 1.29 is 19.1 Å². The highest BCUT2D eigenvalue weighted by Crippen LogP contribution is 2.52. The van der Waals surface area contributed by atoms with Crippen LogP contribution in [0, 0.1) is 27.1 Å². The second kappa shape index (κ2) is 26.2. The standard InChI is InChI=1S/C18H34N2O2.C16H32N2.2C15H28N2O.C14H28N2/c1-16(2,3)14-13-10-12(20(14)17(4,5)6)11-19(13)15(21)22-18(7,8)9;1-11(2)17-10-12-9-13(17)14(15(3,4)5)18(12)16(6,7)8;1-10(18)17-11-8-12(13(17)14(2,3)4)16(9-11)15(5,6)7;1-10(18)16-9-11-8-12(16)13(14(2,3)4)17(11)15(5,6)7;1-13(2,3)12-11-8-10(9-15(11)7)16(12)14(4,5)6/h12-14H,10-11H2,1-9H3;11-14H,9-10H2,1-8H3;2*11-13H,8-9H2,1-7H3;10-12H,8-9H2,1-7H3. The SMILES string of the molecule is CC(=O)N1C2CC(C1C(C)(C)C)N(C(C)(C)C)C2.CC(=O)N1CC2CC1C(C(C)(C)C)N2C(C)(C)C.CC(C)(C)OC(=O)N1CC2CC1C(C(C)(C)C)N2C(C)(C)C.CC(C)N1CC2CC1C(C(C)(C)C)N2C(C)(C)C.CN1CC2CC1C(C(C)(C)C)N2C(C)(C)C. The van der Waals surface area contributed by atoms with Gasteiger partial charge in [-0.2, -0.15) is 0 Å². The number of carbonyl (C=O) groups is 3. The van der Waals surface area contributed by atoms with Crippen molar-refractivity contribution in [3.63, 3.8) is 0 Å². The minimum absolute atomic E-state index is 0.122. The number of fused-ring (bicyclic) bond motifs is 10. The molecule has 10 aliphatic heterocycles. The third-order valence-electron chi connectivity index (χ3n) is 22.6. The fraction of sp³-hybridized carbons (Fsp3) is 0.962. The first-order valence-electron chi connectivity index (χ1n) is 36.9. The molecule has 0 radical (unpaired) electrons. The predicted octanol–water partition coefficient (Wildman–Crippen LogP) is 14.9. The predicted molar refractivity (Wildman–Crippen MR) is 387 cm³/mol. The Balaban J connectivity index is 0.000000183. The van der Waals surface area contributed by atoms with E-state index in [9.17, 15) is 14.4 Å². The largest absolute Gasteiger partial charge is 0.444 e. The van der Waals surface area contributed by atoms with E-state index in [0.717, 1.165) is 63.1 Å². The second-order valence-corrected chi connectivity index (χ2v) is 42.4. The summed E-state index contributed by atoms with van der Waals surface area (Å²) in [5.41, 5.74) is 1.90. The lowest BCUT2D eigenvalue weighted by molar-refractivity contribution is -0.139. The average Bonchev–Trinajstić information content (AvgIpc) is 1.61. The van der Waals surface area contributed by atoms with E-state index in [0.29, 0.717) is 88.4 Å². The van der Waals surface area contributed by atoms with Crippen molar-refractivity contribution in [2.45, 2.75) is 418 Å². The quantitative estimate of drug-likeness (QED) is 0.251. The molecular formula is C78H150N10O4. The van der Waals surface area contributed by atoms with Gasteiger partial charge in [0.2, 0.25) is 11.8 Å². The molecule has 92 heavy (non-hydrogen) atoms. The number of nitrogens with zero attached hydrogens (tertiary/aromatic N) is 10. The lowest BCUT2D eigenvalue weighted by Crippen LogP contribution is -2.64. The Bertz CT molecular complexity index is 2520. The van der Waals surface area contributed by atoms with Crippen molar-refractivity contribution in [1.29, 1.82) is 0 Å². The summed E-state index contributed by atoms with van der Waals surface area (Å²) < 4.78 is 5.62. The van der Waals surface area contributed by atoms with Gasteiger partial charge in [-0.15, -0.1) is 0 Å². The highest BCUT2D eigenvalue weighted by Gasteiger charge is 2.62. The monoisotopic (exact) mass is 1290 g/mol. The molecule has 15 atom stereocenters. The molecule has 0 aromatic rings. The Labute approximate surface area is 568 Å². The van der Waals surface area contributed by atoms with Crippen LogP contribution in [0.4, 0.5) is 4.79 Å². The zero-order valence-electron chi connectivity index (χ0n) is 67.4. The third kappa shape index (κ3) is 16.8. The molecule has 0 aromatic carbocycles. The van der Waals surface area contributed by atoms with Gasteiger partial charge in [-0.3, -0.25) is 39.0 Å². The lowest BCUT2D eigenvalue weighted by atomic mass is 9.80. The van der Waals surface area contributed by atoms with Crippen LogP contribution >= 0.6 is 0 Å². The van der Waals surface area contributed by atoms with Crippen LogP contribution in [0.25, 0.3) is 0 Å². The number of carbonyl (C=O) groups excluding carboxylic acids is 3. The van der Waals surface area contributed by atoms with E-state index in [1.54, 1.807) is 13.8 Å². The molecule has 0 N–H and O–H groups in total. The van der Waals surface area contributed by atoms with Crippen LogP contribution in [0.5, 0.6) is 0 Å². The molecule has 3 amide bonds. The van der Waals surface area contributed by atoms with E-state index in [1.165, 1.54) is 25.9 Å². The first kappa shape index (κ1) is 78.9. The highest BCUT2D eigenvalue weighted by atomic mass is 16.6. The highest BCUT2D eigenvalue weighted by molar-refractivity contribution is 5.75. The molecule has 10 fully saturated rings. The third-order valence-corrected chi connectivity index (χ3v) is 22.6. The van der Waals surface area contributed by atoms with E-state index >= 15 is 0 Å².